The Labute approximate surface area is 102 Å². The average molecular weight is 235 g/mol. The highest BCUT2D eigenvalue weighted by Crippen LogP contribution is 2.12. The van der Waals surface area contributed by atoms with Crippen LogP contribution < -0.4 is 5.73 Å². The topological polar surface area (TPSA) is 70.3 Å². The number of H-pyrrole nitrogens is 1. The van der Waals surface area contributed by atoms with Gasteiger partial charge in [0, 0.05) is 24.3 Å². The van der Waals surface area contributed by atoms with Crippen molar-refractivity contribution in [3.8, 4) is 0 Å². The molecule has 2 heterocycles. The fourth-order valence-corrected chi connectivity index (χ4v) is 2.19. The third-order valence-corrected chi connectivity index (χ3v) is 3.36. The van der Waals surface area contributed by atoms with Crippen LogP contribution >= 0.6 is 0 Å². The maximum Gasteiger partial charge on any atom is 0.191 e. The molecule has 0 radical (unpaired) electrons. The zero-order chi connectivity index (χ0) is 12.3. The fraction of sp³-hybridized carbons (Fsp3) is 0.667. The Hall–Kier alpha value is -1.52. The summed E-state index contributed by atoms with van der Waals surface area (Å²) in [5.41, 5.74) is 9.26. The van der Waals surface area contributed by atoms with E-state index < -0.39 is 0 Å². The smallest absolute Gasteiger partial charge is 0.191 e. The minimum absolute atomic E-state index is 0.622. The molecule has 0 saturated carbocycles. The van der Waals surface area contributed by atoms with Gasteiger partial charge in [0.2, 0.25) is 0 Å². The quantitative estimate of drug-likeness (QED) is 0.600. The molecule has 5 heteroatoms. The fourth-order valence-electron chi connectivity index (χ4n) is 2.19. The number of nitrogens with zero attached hydrogens (tertiary/aromatic N) is 3. The number of nitrogens with two attached hydrogens (primary N) is 1. The number of hydrogen-bond acceptors (Lipinski definition) is 2. The van der Waals surface area contributed by atoms with E-state index in [1.54, 1.807) is 0 Å². The summed E-state index contributed by atoms with van der Waals surface area (Å²) < 4.78 is 0. The minimum Gasteiger partial charge on any atom is -0.370 e. The van der Waals surface area contributed by atoms with E-state index in [-0.39, 0.29) is 0 Å². The number of rotatable bonds is 2. The van der Waals surface area contributed by atoms with Gasteiger partial charge in [-0.05, 0) is 33.1 Å². The average Bonchev–Trinajstić information content (AvgIpc) is 2.67. The second kappa shape index (κ2) is 5.21. The molecule has 17 heavy (non-hydrogen) atoms. The molecule has 1 aliphatic rings. The van der Waals surface area contributed by atoms with Crippen LogP contribution in [0.2, 0.25) is 0 Å². The largest absolute Gasteiger partial charge is 0.370 e. The number of guanidine groups is 1. The molecule has 5 nitrogen and oxygen atoms in total. The van der Waals surface area contributed by atoms with E-state index in [4.69, 9.17) is 5.73 Å². The number of aryl methyl sites for hydroxylation is 2. The van der Waals surface area contributed by atoms with Gasteiger partial charge in [-0.15, -0.1) is 0 Å². The van der Waals surface area contributed by atoms with Gasteiger partial charge in [-0.25, -0.2) is 4.99 Å². The van der Waals surface area contributed by atoms with E-state index in [1.165, 1.54) is 19.3 Å². The van der Waals surface area contributed by atoms with Crippen molar-refractivity contribution in [1.82, 2.24) is 15.1 Å². The number of aliphatic imine (C=N–C) groups is 1. The lowest BCUT2D eigenvalue weighted by Gasteiger charge is -2.27. The van der Waals surface area contributed by atoms with Crippen LogP contribution in [0.15, 0.2) is 4.99 Å². The van der Waals surface area contributed by atoms with E-state index in [0.717, 1.165) is 30.0 Å². The molecule has 0 spiro atoms. The highest BCUT2D eigenvalue weighted by molar-refractivity contribution is 5.78. The molecule has 0 amide bonds. The van der Waals surface area contributed by atoms with Crippen molar-refractivity contribution in [3.63, 3.8) is 0 Å². The number of aromatic nitrogens is 2. The van der Waals surface area contributed by atoms with Gasteiger partial charge >= 0.3 is 0 Å². The Morgan fingerprint density at radius 3 is 2.65 bits per heavy atom. The second-order valence-corrected chi connectivity index (χ2v) is 4.63. The standard InChI is InChI=1S/C12H21N5/c1-9-11(10(2)16-15-9)8-14-12(13)17-6-4-3-5-7-17/h3-8H2,1-2H3,(H2,13,14)(H,15,16). The van der Waals surface area contributed by atoms with Crippen molar-refractivity contribution >= 4 is 5.96 Å². The predicted octanol–water partition coefficient (Wildman–Crippen LogP) is 1.33. The van der Waals surface area contributed by atoms with Gasteiger partial charge in [0.25, 0.3) is 0 Å². The van der Waals surface area contributed by atoms with Crippen LogP contribution in [0.1, 0.15) is 36.2 Å². The summed E-state index contributed by atoms with van der Waals surface area (Å²) in [6, 6.07) is 0. The summed E-state index contributed by atoms with van der Waals surface area (Å²) >= 11 is 0. The van der Waals surface area contributed by atoms with E-state index in [2.05, 4.69) is 20.1 Å². The molecule has 0 atom stereocenters. The lowest BCUT2D eigenvalue weighted by Crippen LogP contribution is -2.40. The van der Waals surface area contributed by atoms with E-state index in [1.807, 2.05) is 13.8 Å². The molecule has 1 aromatic heterocycles. The SMILES string of the molecule is Cc1n[nH]c(C)c1CN=C(N)N1CCCCC1. The molecule has 3 N–H and O–H groups in total. The second-order valence-electron chi connectivity index (χ2n) is 4.63. The normalized spacial score (nSPS) is 17.5. The van der Waals surface area contributed by atoms with Crippen molar-refractivity contribution < 1.29 is 0 Å². The van der Waals surface area contributed by atoms with Crippen LogP contribution in [0, 0.1) is 13.8 Å². The molecule has 2 rings (SSSR count). The summed E-state index contributed by atoms with van der Waals surface area (Å²) in [6.07, 6.45) is 3.75. The predicted molar refractivity (Wildman–Crippen MR) is 68.8 cm³/mol. The maximum absolute atomic E-state index is 6.01. The summed E-state index contributed by atoms with van der Waals surface area (Å²) in [7, 11) is 0. The lowest BCUT2D eigenvalue weighted by molar-refractivity contribution is 0.338. The van der Waals surface area contributed by atoms with Gasteiger partial charge in [-0.2, -0.15) is 5.10 Å². The first-order chi connectivity index (χ1) is 8.18. The maximum atomic E-state index is 6.01. The summed E-state index contributed by atoms with van der Waals surface area (Å²) in [5, 5.41) is 7.12. The zero-order valence-electron chi connectivity index (χ0n) is 10.7. The van der Waals surface area contributed by atoms with Crippen molar-refractivity contribution in [2.24, 2.45) is 10.7 Å². The molecule has 0 unspecified atom stereocenters. The van der Waals surface area contributed by atoms with Gasteiger partial charge in [0.05, 0.1) is 12.2 Å². The Morgan fingerprint density at radius 1 is 1.35 bits per heavy atom. The van der Waals surface area contributed by atoms with Gasteiger partial charge in [0.1, 0.15) is 0 Å². The summed E-state index contributed by atoms with van der Waals surface area (Å²) in [5.74, 6) is 0.671. The molecular formula is C12H21N5. The molecule has 0 aliphatic carbocycles. The number of nitrogens with one attached hydrogen (secondary N) is 1. The van der Waals surface area contributed by atoms with Crippen molar-refractivity contribution in [2.45, 2.75) is 39.7 Å². The Bertz CT molecular complexity index is 382. The van der Waals surface area contributed by atoms with E-state index in [0.29, 0.717) is 12.5 Å². The Morgan fingerprint density at radius 2 is 2.06 bits per heavy atom. The number of piperidine rings is 1. The first-order valence-electron chi connectivity index (χ1n) is 6.24. The Kier molecular flexibility index (Phi) is 3.66. The van der Waals surface area contributed by atoms with Crippen LogP contribution in [0.3, 0.4) is 0 Å². The first kappa shape index (κ1) is 12.0. The molecule has 1 aliphatic heterocycles. The van der Waals surface area contributed by atoms with Crippen molar-refractivity contribution in [1.29, 1.82) is 0 Å². The number of aromatic amines is 1. The van der Waals surface area contributed by atoms with Gasteiger partial charge < -0.3 is 10.6 Å². The lowest BCUT2D eigenvalue weighted by atomic mass is 10.1. The molecule has 1 fully saturated rings. The van der Waals surface area contributed by atoms with Crippen molar-refractivity contribution in [2.75, 3.05) is 13.1 Å². The zero-order valence-corrected chi connectivity index (χ0v) is 10.7. The number of hydrogen-bond donors (Lipinski definition) is 2. The van der Waals surface area contributed by atoms with Gasteiger partial charge in [-0.3, -0.25) is 5.10 Å². The Balaban J connectivity index is 1.99. The van der Waals surface area contributed by atoms with Crippen molar-refractivity contribution in [3.05, 3.63) is 17.0 Å². The molecular weight excluding hydrogens is 214 g/mol. The molecule has 0 bridgehead atoms. The minimum atomic E-state index is 0.622. The third kappa shape index (κ3) is 2.78. The van der Waals surface area contributed by atoms with Gasteiger partial charge in [-0.1, -0.05) is 0 Å². The number of likely N-dealkylation sites (tertiary alicyclic amines) is 1. The first-order valence-corrected chi connectivity index (χ1v) is 6.24. The van der Waals surface area contributed by atoms with Crippen LogP contribution in [0.25, 0.3) is 0 Å². The van der Waals surface area contributed by atoms with Crippen LogP contribution in [0.5, 0.6) is 0 Å². The summed E-state index contributed by atoms with van der Waals surface area (Å²) in [6.45, 7) is 6.71. The van der Waals surface area contributed by atoms with E-state index in [9.17, 15) is 0 Å². The van der Waals surface area contributed by atoms with E-state index >= 15 is 0 Å². The van der Waals surface area contributed by atoms with Crippen LogP contribution in [-0.4, -0.2) is 34.1 Å². The molecule has 1 aromatic rings. The van der Waals surface area contributed by atoms with Crippen LogP contribution in [-0.2, 0) is 6.54 Å². The summed E-state index contributed by atoms with van der Waals surface area (Å²) in [4.78, 5) is 6.65. The molecule has 1 saturated heterocycles. The van der Waals surface area contributed by atoms with Gasteiger partial charge in [0.15, 0.2) is 5.96 Å². The highest BCUT2D eigenvalue weighted by Gasteiger charge is 2.12. The monoisotopic (exact) mass is 235 g/mol. The van der Waals surface area contributed by atoms with Crippen LogP contribution in [0.4, 0.5) is 0 Å². The highest BCUT2D eigenvalue weighted by atomic mass is 15.3. The molecule has 0 aromatic carbocycles. The molecule has 94 valence electrons. The third-order valence-electron chi connectivity index (χ3n) is 3.36.